The van der Waals surface area contributed by atoms with Crippen molar-refractivity contribution in [3.63, 3.8) is 0 Å². The maximum absolute atomic E-state index is 6.65. The molecule has 0 fully saturated rings. The summed E-state index contributed by atoms with van der Waals surface area (Å²) in [7, 11) is 0. The Hall–Kier alpha value is 0.734. The Kier molecular flexibility index (Phi) is 26.1. The van der Waals surface area contributed by atoms with Gasteiger partial charge in [-0.05, 0) is 24.8 Å². The first kappa shape index (κ1) is 40.2. The van der Waals surface area contributed by atoms with Crippen LogP contribution in [0.25, 0.3) is 0 Å². The summed E-state index contributed by atoms with van der Waals surface area (Å²) in [6, 6.07) is 0. The van der Waals surface area contributed by atoms with Gasteiger partial charge in [-0.2, -0.15) is 11.1 Å². The normalized spacial score (nSPS) is 17.5. The predicted molar refractivity (Wildman–Crippen MR) is 159 cm³/mol. The fourth-order valence-corrected chi connectivity index (χ4v) is 5.98. The van der Waals surface area contributed by atoms with Crippen molar-refractivity contribution in [1.29, 1.82) is 0 Å². The molecule has 0 radical (unpaired) electrons. The summed E-state index contributed by atoms with van der Waals surface area (Å²) < 4.78 is 0. The molecule has 208 valence electrons. The molecule has 4 heteroatoms. The molecule has 2 N–H and O–H groups in total. The zero-order valence-corrected chi connectivity index (χ0v) is 27.5. The van der Waals surface area contributed by atoms with Gasteiger partial charge in [0.1, 0.15) is 0 Å². The molecule has 0 aliphatic heterocycles. The molecule has 0 aromatic carbocycles. The Morgan fingerprint density at radius 1 is 0.657 bits per heavy atom. The molecule has 1 atom stereocenters. The summed E-state index contributed by atoms with van der Waals surface area (Å²) in [6.07, 6.45) is 28.6. The van der Waals surface area contributed by atoms with Crippen LogP contribution in [-0.4, -0.2) is 6.54 Å². The average molecular weight is 566 g/mol. The zero-order valence-electron chi connectivity index (χ0n) is 24.3. The molecule has 0 bridgehead atoms. The molecule has 0 aromatic rings. The predicted octanol–water partition coefficient (Wildman–Crippen LogP) is 10.9. The van der Waals surface area contributed by atoms with Gasteiger partial charge >= 0.3 is 0 Å². The summed E-state index contributed by atoms with van der Waals surface area (Å²) >= 11 is 0. The van der Waals surface area contributed by atoms with E-state index >= 15 is 0 Å². The van der Waals surface area contributed by atoms with Crippen molar-refractivity contribution in [2.24, 2.45) is 16.6 Å². The van der Waals surface area contributed by atoms with Gasteiger partial charge in [-0.25, -0.2) is 5.57 Å². The molecule has 1 nitrogen and oxygen atoms in total. The smallest absolute Gasteiger partial charge is 0 e. The second-order valence-corrected chi connectivity index (χ2v) is 11.1. The molecule has 0 heterocycles. The number of hydrogen-bond donors (Lipinski definition) is 1. The zero-order chi connectivity index (χ0) is 23.9. The second-order valence-electron chi connectivity index (χ2n) is 11.1. The van der Waals surface area contributed by atoms with E-state index in [9.17, 15) is 0 Å². The number of unbranched alkanes of at least 4 members (excludes halogenated alkanes) is 14. The average Bonchev–Trinajstić information content (AvgIpc) is 2.99. The summed E-state index contributed by atoms with van der Waals surface area (Å²) in [5, 5.41) is 0. The van der Waals surface area contributed by atoms with Crippen molar-refractivity contribution >= 4 is 24.8 Å². The molecule has 0 aromatic heterocycles. The van der Waals surface area contributed by atoms with E-state index in [0.29, 0.717) is 0 Å². The van der Waals surface area contributed by atoms with Crippen LogP contribution >= 0.6 is 24.8 Å². The van der Waals surface area contributed by atoms with Crippen LogP contribution < -0.4 is 5.73 Å². The van der Waals surface area contributed by atoms with E-state index in [1.54, 1.807) is 0 Å². The molecule has 0 saturated carbocycles. The van der Waals surface area contributed by atoms with E-state index in [-0.39, 0.29) is 57.4 Å². The molecular weight excluding hydrogens is 505 g/mol. The van der Waals surface area contributed by atoms with Crippen molar-refractivity contribution in [2.75, 3.05) is 6.54 Å². The van der Waals surface area contributed by atoms with E-state index in [1.165, 1.54) is 132 Å². The van der Waals surface area contributed by atoms with Crippen LogP contribution in [0.3, 0.4) is 0 Å². The molecule has 1 rings (SSSR count). The summed E-state index contributed by atoms with van der Waals surface area (Å²) in [5.74, 6) is 0. The summed E-state index contributed by atoms with van der Waals surface area (Å²) in [6.45, 7) is 14.7. The van der Waals surface area contributed by atoms with Crippen LogP contribution in [0.15, 0.2) is 16.7 Å². The van der Waals surface area contributed by atoms with Gasteiger partial charge in [-0.15, -0.1) is 31.7 Å². The van der Waals surface area contributed by atoms with Crippen molar-refractivity contribution in [1.82, 2.24) is 0 Å². The topological polar surface area (TPSA) is 26.0 Å². The van der Waals surface area contributed by atoms with Crippen LogP contribution in [0.2, 0.25) is 0 Å². The van der Waals surface area contributed by atoms with Gasteiger partial charge < -0.3 is 5.73 Å². The van der Waals surface area contributed by atoms with Gasteiger partial charge in [0.15, 0.2) is 0 Å². The van der Waals surface area contributed by atoms with Crippen LogP contribution in [0.5, 0.6) is 0 Å². The van der Waals surface area contributed by atoms with Gasteiger partial charge in [0.2, 0.25) is 0 Å². The van der Waals surface area contributed by atoms with Gasteiger partial charge in [-0.3, -0.25) is 6.08 Å². The Balaban J connectivity index is -0.00000341. The number of halogens is 2. The largest absolute Gasteiger partial charge is 0.330 e. The third-order valence-electron chi connectivity index (χ3n) is 8.78. The van der Waals surface area contributed by atoms with Crippen molar-refractivity contribution < 1.29 is 21.7 Å². The molecule has 35 heavy (non-hydrogen) atoms. The second kappa shape index (κ2) is 22.7. The van der Waals surface area contributed by atoms with Gasteiger partial charge in [0.25, 0.3) is 0 Å². The maximum Gasteiger partial charge on any atom is 0 e. The van der Waals surface area contributed by atoms with E-state index in [2.05, 4.69) is 47.6 Å². The molecule has 1 aliphatic rings. The molecule has 0 spiro atoms. The molecule has 1 unspecified atom stereocenters. The Bertz CT molecular complexity index is 552. The first-order valence-electron chi connectivity index (χ1n) is 14.4. The standard InChI is InChI=1S/C31H58N.2ClH.Ti/c1-7-9-11-13-15-17-19-21-23-31(26-32,24-22-20-18-16-14-12-10-8-2)30(6)25-27(3)28(4)29(30)5;;;/h7-24,26,32H2,1-6H3;2*1H;/q-1;;;. The van der Waals surface area contributed by atoms with Crippen LogP contribution in [0.1, 0.15) is 157 Å². The van der Waals surface area contributed by atoms with Crippen molar-refractivity contribution in [3.8, 4) is 0 Å². The Labute approximate surface area is 248 Å². The third kappa shape index (κ3) is 12.9. The summed E-state index contributed by atoms with van der Waals surface area (Å²) in [4.78, 5) is 0. The maximum atomic E-state index is 6.65. The van der Waals surface area contributed by atoms with E-state index < -0.39 is 0 Å². The monoisotopic (exact) mass is 564 g/mol. The van der Waals surface area contributed by atoms with Crippen LogP contribution in [-0.2, 0) is 21.7 Å². The van der Waals surface area contributed by atoms with Gasteiger partial charge in [0, 0.05) is 21.7 Å². The number of rotatable bonds is 20. The minimum absolute atomic E-state index is 0. The Morgan fingerprint density at radius 3 is 1.29 bits per heavy atom. The molecular formula is C31H60Cl2NTi-. The fourth-order valence-electron chi connectivity index (χ4n) is 5.98. The number of allylic oxidation sites excluding steroid dienone is 4. The van der Waals surface area contributed by atoms with Crippen LogP contribution in [0, 0.1) is 16.9 Å². The minimum Gasteiger partial charge on any atom is -0.330 e. The van der Waals surface area contributed by atoms with E-state index in [4.69, 9.17) is 5.73 Å². The van der Waals surface area contributed by atoms with Crippen LogP contribution in [0.4, 0.5) is 0 Å². The third-order valence-corrected chi connectivity index (χ3v) is 8.78. The van der Waals surface area contributed by atoms with Gasteiger partial charge in [0.05, 0.1) is 0 Å². The van der Waals surface area contributed by atoms with E-state index in [0.717, 1.165) is 6.54 Å². The first-order chi connectivity index (χ1) is 15.4. The van der Waals surface area contributed by atoms with Crippen molar-refractivity contribution in [2.45, 2.75) is 157 Å². The Morgan fingerprint density at radius 2 is 1.00 bits per heavy atom. The molecule has 0 saturated heterocycles. The fraction of sp³-hybridized carbons (Fsp3) is 0.871. The number of nitrogens with two attached hydrogens (primary N) is 1. The minimum atomic E-state index is 0. The van der Waals surface area contributed by atoms with E-state index in [1.807, 2.05) is 0 Å². The molecule has 0 amide bonds. The SMILES string of the molecule is CCCCCCCCCCC(CN)(CCCCCCCCCC)C1(C)[C-]=C(C)C(C)=C1C.Cl.Cl.[Ti]. The molecule has 1 aliphatic carbocycles. The number of hydrogen-bond acceptors (Lipinski definition) is 1. The first-order valence-corrected chi connectivity index (χ1v) is 14.4. The quantitative estimate of drug-likeness (QED) is 0.0887. The van der Waals surface area contributed by atoms with Crippen molar-refractivity contribution in [3.05, 3.63) is 22.8 Å². The summed E-state index contributed by atoms with van der Waals surface area (Å²) in [5.41, 5.74) is 11.2. The van der Waals surface area contributed by atoms with Gasteiger partial charge in [-0.1, -0.05) is 143 Å².